The molecule has 1 aliphatic heterocycles. The molecule has 1 N–H and O–H groups in total. The molecule has 102 valence electrons. The van der Waals surface area contributed by atoms with Gasteiger partial charge in [-0.15, -0.1) is 0 Å². The zero-order valence-corrected chi connectivity index (χ0v) is 11.7. The fourth-order valence-corrected chi connectivity index (χ4v) is 2.24. The third-order valence-corrected chi connectivity index (χ3v) is 3.30. The minimum Gasteiger partial charge on any atom is -0.356 e. The molecule has 1 aromatic heterocycles. The van der Waals surface area contributed by atoms with Crippen LogP contribution in [0.1, 0.15) is 39.5 Å². The van der Waals surface area contributed by atoms with E-state index in [1.54, 1.807) is 6.33 Å². The molecule has 1 aromatic rings. The number of anilines is 2. The first-order valence-electron chi connectivity index (χ1n) is 6.87. The smallest absolute Gasteiger partial charge is 0.134 e. The van der Waals surface area contributed by atoms with Gasteiger partial charge in [0.1, 0.15) is 23.5 Å². The Morgan fingerprint density at radius 2 is 1.89 bits per heavy atom. The van der Waals surface area contributed by atoms with Crippen LogP contribution in [0.4, 0.5) is 11.6 Å². The maximum Gasteiger partial charge on any atom is 0.134 e. The fraction of sp³-hybridized carbons (Fsp3) is 0.643. The summed E-state index contributed by atoms with van der Waals surface area (Å²) in [6, 6.07) is 4.15. The summed E-state index contributed by atoms with van der Waals surface area (Å²) < 4.78 is 0. The highest BCUT2D eigenvalue weighted by Crippen LogP contribution is 2.20. The molecule has 1 fully saturated rings. The number of aromatic nitrogens is 2. The monoisotopic (exact) mass is 259 g/mol. The minimum absolute atomic E-state index is 0.621. The molecule has 2 rings (SSSR count). The van der Waals surface area contributed by atoms with Crippen molar-refractivity contribution >= 4 is 11.6 Å². The molecule has 0 aliphatic carbocycles. The van der Waals surface area contributed by atoms with Gasteiger partial charge < -0.3 is 10.2 Å². The molecular weight excluding hydrogens is 238 g/mol. The molecule has 5 nitrogen and oxygen atoms in total. The second kappa shape index (κ2) is 5.87. The molecule has 1 saturated heterocycles. The Hall–Kier alpha value is -1.83. The Bertz CT molecular complexity index is 455. The summed E-state index contributed by atoms with van der Waals surface area (Å²) in [6.45, 7) is 5.78. The van der Waals surface area contributed by atoms with E-state index in [2.05, 4.69) is 26.3 Å². The van der Waals surface area contributed by atoms with Gasteiger partial charge in [0.25, 0.3) is 0 Å². The first-order chi connectivity index (χ1) is 9.11. The Morgan fingerprint density at radius 3 is 2.53 bits per heavy atom. The summed E-state index contributed by atoms with van der Waals surface area (Å²) >= 11 is 0. The van der Waals surface area contributed by atoms with Crippen molar-refractivity contribution in [1.82, 2.24) is 9.97 Å². The fourth-order valence-electron chi connectivity index (χ4n) is 2.24. The number of hydrogen-bond donors (Lipinski definition) is 1. The van der Waals surface area contributed by atoms with Crippen molar-refractivity contribution in [2.45, 2.75) is 45.1 Å². The molecule has 0 radical (unpaired) electrons. The van der Waals surface area contributed by atoms with Gasteiger partial charge in [0.05, 0.1) is 6.07 Å². The molecule has 2 heterocycles. The van der Waals surface area contributed by atoms with Crippen LogP contribution in [-0.4, -0.2) is 28.6 Å². The highest BCUT2D eigenvalue weighted by molar-refractivity contribution is 5.50. The Labute approximate surface area is 114 Å². The number of nitrogens with one attached hydrogen (secondary N) is 1. The van der Waals surface area contributed by atoms with Crippen molar-refractivity contribution < 1.29 is 0 Å². The highest BCUT2D eigenvalue weighted by atomic mass is 15.2. The Kier molecular flexibility index (Phi) is 4.20. The van der Waals surface area contributed by atoms with Crippen LogP contribution in [0.25, 0.3) is 0 Å². The number of rotatable bonds is 3. The van der Waals surface area contributed by atoms with E-state index in [0.717, 1.165) is 18.9 Å². The SMILES string of the molecule is CC(C)(C#N)Nc1cc(N2CCCCCC2)ncn1. The molecule has 0 bridgehead atoms. The molecule has 0 spiro atoms. The van der Waals surface area contributed by atoms with Crippen molar-refractivity contribution in [3.63, 3.8) is 0 Å². The van der Waals surface area contributed by atoms with E-state index in [4.69, 9.17) is 5.26 Å². The van der Waals surface area contributed by atoms with E-state index in [-0.39, 0.29) is 0 Å². The summed E-state index contributed by atoms with van der Waals surface area (Å²) in [7, 11) is 0. The van der Waals surface area contributed by atoms with Crippen molar-refractivity contribution in [3.8, 4) is 6.07 Å². The first kappa shape index (κ1) is 13.6. The standard InChI is InChI=1S/C14H21N5/c1-14(2,10-15)18-12-9-13(17-11-16-12)19-7-5-3-4-6-8-19/h9,11H,3-8H2,1-2H3,(H,16,17,18). The maximum absolute atomic E-state index is 9.04. The molecule has 0 aromatic carbocycles. The number of hydrogen-bond acceptors (Lipinski definition) is 5. The molecular formula is C14H21N5. The molecule has 0 amide bonds. The van der Waals surface area contributed by atoms with Crippen LogP contribution in [0.3, 0.4) is 0 Å². The molecule has 0 saturated carbocycles. The van der Waals surface area contributed by atoms with Crippen LogP contribution in [0.2, 0.25) is 0 Å². The third-order valence-electron chi connectivity index (χ3n) is 3.30. The molecule has 0 atom stereocenters. The van der Waals surface area contributed by atoms with E-state index < -0.39 is 5.54 Å². The van der Waals surface area contributed by atoms with Crippen molar-refractivity contribution in [3.05, 3.63) is 12.4 Å². The Morgan fingerprint density at radius 1 is 1.21 bits per heavy atom. The van der Waals surface area contributed by atoms with Crippen LogP contribution in [0.5, 0.6) is 0 Å². The van der Waals surface area contributed by atoms with Crippen LogP contribution in [0, 0.1) is 11.3 Å². The Balaban J connectivity index is 2.12. The normalized spacial score (nSPS) is 16.6. The predicted molar refractivity (Wildman–Crippen MR) is 76.0 cm³/mol. The van der Waals surface area contributed by atoms with Gasteiger partial charge in [0.15, 0.2) is 0 Å². The number of nitriles is 1. The van der Waals surface area contributed by atoms with Gasteiger partial charge in [-0.2, -0.15) is 5.26 Å². The maximum atomic E-state index is 9.04. The molecule has 19 heavy (non-hydrogen) atoms. The zero-order chi connectivity index (χ0) is 13.7. The van der Waals surface area contributed by atoms with E-state index in [9.17, 15) is 0 Å². The summed E-state index contributed by atoms with van der Waals surface area (Å²) in [5.41, 5.74) is -0.621. The second-order valence-corrected chi connectivity index (χ2v) is 5.52. The molecule has 0 unspecified atom stereocenters. The van der Waals surface area contributed by atoms with E-state index in [1.165, 1.54) is 25.7 Å². The van der Waals surface area contributed by atoms with Crippen LogP contribution >= 0.6 is 0 Å². The topological polar surface area (TPSA) is 64.8 Å². The van der Waals surface area contributed by atoms with Gasteiger partial charge in [-0.05, 0) is 26.7 Å². The summed E-state index contributed by atoms with van der Waals surface area (Å²) in [4.78, 5) is 10.8. The average Bonchev–Trinajstić information content (AvgIpc) is 2.67. The largest absolute Gasteiger partial charge is 0.356 e. The lowest BCUT2D eigenvalue weighted by Gasteiger charge is -2.23. The van der Waals surface area contributed by atoms with Gasteiger partial charge in [-0.1, -0.05) is 12.8 Å². The summed E-state index contributed by atoms with van der Waals surface area (Å²) in [5.74, 6) is 1.66. The van der Waals surface area contributed by atoms with Crippen LogP contribution < -0.4 is 10.2 Å². The number of nitrogens with zero attached hydrogens (tertiary/aromatic N) is 4. The van der Waals surface area contributed by atoms with Gasteiger partial charge in [-0.3, -0.25) is 0 Å². The van der Waals surface area contributed by atoms with Crippen molar-refractivity contribution in [2.24, 2.45) is 0 Å². The predicted octanol–water partition coefficient (Wildman–Crippen LogP) is 2.57. The molecule has 1 aliphatic rings. The minimum atomic E-state index is -0.621. The third kappa shape index (κ3) is 3.82. The highest BCUT2D eigenvalue weighted by Gasteiger charge is 2.18. The zero-order valence-electron chi connectivity index (χ0n) is 11.7. The van der Waals surface area contributed by atoms with Gasteiger partial charge >= 0.3 is 0 Å². The molecule has 5 heteroatoms. The van der Waals surface area contributed by atoms with Gasteiger partial charge in [0.2, 0.25) is 0 Å². The lowest BCUT2D eigenvalue weighted by atomic mass is 10.1. The first-order valence-corrected chi connectivity index (χ1v) is 6.87. The van der Waals surface area contributed by atoms with E-state index in [0.29, 0.717) is 5.82 Å². The quantitative estimate of drug-likeness (QED) is 0.903. The van der Waals surface area contributed by atoms with Gasteiger partial charge in [-0.25, -0.2) is 9.97 Å². The second-order valence-electron chi connectivity index (χ2n) is 5.52. The lowest BCUT2D eigenvalue weighted by Crippen LogP contribution is -2.30. The van der Waals surface area contributed by atoms with Crippen molar-refractivity contribution in [1.29, 1.82) is 5.26 Å². The van der Waals surface area contributed by atoms with Crippen molar-refractivity contribution in [2.75, 3.05) is 23.3 Å². The van der Waals surface area contributed by atoms with Gasteiger partial charge in [0, 0.05) is 19.2 Å². The lowest BCUT2D eigenvalue weighted by molar-refractivity contribution is 0.721. The summed E-state index contributed by atoms with van der Waals surface area (Å²) in [6.07, 6.45) is 6.60. The average molecular weight is 259 g/mol. The van der Waals surface area contributed by atoms with Crippen LogP contribution in [-0.2, 0) is 0 Å². The van der Waals surface area contributed by atoms with Crippen LogP contribution in [0.15, 0.2) is 12.4 Å². The van der Waals surface area contributed by atoms with E-state index in [1.807, 2.05) is 19.9 Å². The summed E-state index contributed by atoms with van der Waals surface area (Å²) in [5, 5.41) is 12.2. The van der Waals surface area contributed by atoms with E-state index >= 15 is 0 Å².